The van der Waals surface area contributed by atoms with Gasteiger partial charge in [0.1, 0.15) is 0 Å². The second-order valence-corrected chi connectivity index (χ2v) is 8.86. The van der Waals surface area contributed by atoms with Crippen LogP contribution in [0.2, 0.25) is 0 Å². The third kappa shape index (κ3) is 42.8. The molecule has 0 amide bonds. The molecule has 36 valence electrons. The Morgan fingerprint density at radius 3 is 1.83 bits per heavy atom. The summed E-state index contributed by atoms with van der Waals surface area (Å²) in [6.45, 7) is 0. The normalized spacial score (nSPS) is 17.7. The summed E-state index contributed by atoms with van der Waals surface area (Å²) in [7, 11) is 1.32. The minimum atomic E-state index is -2.59. The summed E-state index contributed by atoms with van der Waals surface area (Å²) in [4.78, 5) is 5.51. The van der Waals surface area contributed by atoms with Crippen LogP contribution in [-0.4, -0.2) is 34.2 Å². The molecule has 0 aliphatic rings. The summed E-state index contributed by atoms with van der Waals surface area (Å²) in [5.41, 5.74) is 0. The molecule has 0 heterocycles. The average Bonchev–Trinajstić information content (AvgIpc) is 0.722. The monoisotopic (exact) mass is 392 g/mol. The Kier molecular flexibility index (Phi) is 6.58. The Labute approximate surface area is 64.4 Å². The van der Waals surface area contributed by atoms with E-state index >= 15 is 0 Å². The summed E-state index contributed by atoms with van der Waals surface area (Å²) >= 11 is 0.982. The first-order valence-corrected chi connectivity index (χ1v) is 6.51. The van der Waals surface area contributed by atoms with Crippen molar-refractivity contribution in [3.8, 4) is 0 Å². The van der Waals surface area contributed by atoms with Gasteiger partial charge in [-0.2, -0.15) is 0 Å². The molecular weight excluding hydrogens is 385 g/mol. The van der Waals surface area contributed by atoms with Crippen LogP contribution in [0, 0.1) is 0 Å². The van der Waals surface area contributed by atoms with Crippen molar-refractivity contribution in [1.29, 1.82) is 0 Å². The molecule has 2 nitrogen and oxygen atoms in total. The van der Waals surface area contributed by atoms with Gasteiger partial charge in [-0.05, 0) is 0 Å². The molecule has 6 heteroatoms. The van der Waals surface area contributed by atoms with Crippen LogP contribution < -0.4 is 0 Å². The molecule has 0 aliphatic carbocycles. The van der Waals surface area contributed by atoms with Crippen molar-refractivity contribution in [3.63, 3.8) is 0 Å². The third-order valence-electron chi connectivity index (χ3n) is 0. The molecule has 6 heavy (non-hydrogen) atoms. The Bertz CT molecular complexity index is 59.7. The zero-order valence-electron chi connectivity index (χ0n) is 3.16. The van der Waals surface area contributed by atoms with Gasteiger partial charge in [-0.25, -0.2) is 0 Å². The molecule has 0 aromatic carbocycles. The van der Waals surface area contributed by atoms with Crippen molar-refractivity contribution < 1.29 is 30.5 Å². The van der Waals surface area contributed by atoms with Gasteiger partial charge in [-0.1, -0.05) is 0 Å². The van der Waals surface area contributed by atoms with Gasteiger partial charge < -0.3 is 0 Å². The first-order valence-electron chi connectivity index (χ1n) is 1.03. The molecular formula is H4BO2PTeW. The van der Waals surface area contributed by atoms with Crippen LogP contribution in [0.15, 0.2) is 0 Å². The molecule has 0 aromatic rings. The second kappa shape index (κ2) is 3.70. The van der Waals surface area contributed by atoms with Gasteiger partial charge in [-0.15, -0.1) is 0 Å². The summed E-state index contributed by atoms with van der Waals surface area (Å²) in [5, 5.41) is 0. The number of hydrogen-bond donors (Lipinski definition) is 1. The van der Waals surface area contributed by atoms with Crippen molar-refractivity contribution in [2.45, 2.75) is 0 Å². The topological polar surface area (TPSA) is 37.3 Å². The maximum atomic E-state index is 9.79. The predicted octanol–water partition coefficient (Wildman–Crippen LogP) is -1.38. The van der Waals surface area contributed by atoms with Crippen molar-refractivity contribution >= 4 is 34.3 Å². The largest absolute Gasteiger partial charge is 0 e. The predicted molar refractivity (Wildman–Crippen MR) is 25.5 cm³/mol. The van der Waals surface area contributed by atoms with E-state index in [0.717, 1.165) is 21.7 Å². The van der Waals surface area contributed by atoms with Gasteiger partial charge in [0.15, 0.2) is 0 Å². The van der Waals surface area contributed by atoms with Crippen LogP contribution >= 0.6 is 4.94 Å². The van der Waals surface area contributed by atoms with E-state index in [2.05, 4.69) is 0 Å². The summed E-state index contributed by atoms with van der Waals surface area (Å²) < 4.78 is 9.79. The maximum absolute atomic E-state index is 9.79. The molecule has 1 N–H and O–H groups in total. The molecule has 0 saturated heterocycles. The van der Waals surface area contributed by atoms with Gasteiger partial charge in [0, 0.05) is 21.1 Å². The molecule has 1 atom stereocenters. The van der Waals surface area contributed by atoms with Crippen LogP contribution in [0.25, 0.3) is 0 Å². The van der Waals surface area contributed by atoms with Crippen LogP contribution in [-0.2, 0) is 25.6 Å². The molecule has 0 aromatic heterocycles. The standard InChI is InChI=1S/BH4O2PTe.W/c1-4(2,3)5;/h1H2,(H2,2,3,5);. The SMILES string of the molecule is BP(=O)(O)[TeH].[W]. The zero-order chi connectivity index (χ0) is 4.50. The van der Waals surface area contributed by atoms with Crippen LogP contribution in [0.5, 0.6) is 0 Å². The van der Waals surface area contributed by atoms with Gasteiger partial charge >= 0.3 is 43.7 Å². The molecule has 0 saturated carbocycles. The van der Waals surface area contributed by atoms with E-state index in [4.69, 9.17) is 4.89 Å². The van der Waals surface area contributed by atoms with Crippen molar-refractivity contribution in [2.75, 3.05) is 0 Å². The average molecular weight is 389 g/mol. The van der Waals surface area contributed by atoms with Crippen LogP contribution in [0.4, 0.5) is 0 Å². The van der Waals surface area contributed by atoms with E-state index in [9.17, 15) is 4.57 Å². The van der Waals surface area contributed by atoms with Gasteiger partial charge in [0.2, 0.25) is 0 Å². The second-order valence-electron chi connectivity index (χ2n) is 0.835. The summed E-state index contributed by atoms with van der Waals surface area (Å²) in [6.07, 6.45) is 0. The maximum Gasteiger partial charge on any atom is 0 e. The molecule has 0 rings (SSSR count). The van der Waals surface area contributed by atoms with Crippen molar-refractivity contribution in [2.24, 2.45) is 0 Å². The number of hydrogen-bond acceptors (Lipinski definition) is 1. The van der Waals surface area contributed by atoms with Crippen LogP contribution in [0.1, 0.15) is 0 Å². The Balaban J connectivity index is 0. The molecule has 0 spiro atoms. The van der Waals surface area contributed by atoms with Crippen molar-refractivity contribution in [3.05, 3.63) is 0 Å². The summed E-state index contributed by atoms with van der Waals surface area (Å²) in [5.74, 6) is 0. The van der Waals surface area contributed by atoms with Gasteiger partial charge in [0.25, 0.3) is 0 Å². The van der Waals surface area contributed by atoms with Crippen LogP contribution in [0.3, 0.4) is 0 Å². The van der Waals surface area contributed by atoms with Gasteiger partial charge in [-0.3, -0.25) is 0 Å². The Morgan fingerprint density at radius 2 is 1.83 bits per heavy atom. The van der Waals surface area contributed by atoms with E-state index in [1.807, 2.05) is 0 Å². The summed E-state index contributed by atoms with van der Waals surface area (Å²) in [6, 6.07) is 0. The third-order valence-corrected chi connectivity index (χ3v) is 0. The quantitative estimate of drug-likeness (QED) is 0.410. The van der Waals surface area contributed by atoms with Crippen molar-refractivity contribution in [1.82, 2.24) is 0 Å². The van der Waals surface area contributed by atoms with E-state index in [-0.39, 0.29) is 21.1 Å². The first kappa shape index (κ1) is 10.7. The van der Waals surface area contributed by atoms with Gasteiger partial charge in [0.05, 0.1) is 0 Å². The molecule has 1 unspecified atom stereocenters. The van der Waals surface area contributed by atoms with E-state index in [1.165, 1.54) is 7.57 Å². The fourth-order valence-corrected chi connectivity index (χ4v) is 0. The van der Waals surface area contributed by atoms with E-state index < -0.39 is 4.94 Å². The fourth-order valence-electron chi connectivity index (χ4n) is 0. The van der Waals surface area contributed by atoms with E-state index in [1.54, 1.807) is 0 Å². The minimum Gasteiger partial charge on any atom is 0 e. The molecule has 0 radical (unpaired) electrons. The zero-order valence-corrected chi connectivity index (χ0v) is 9.54. The minimum absolute atomic E-state index is 0. The fraction of sp³-hybridized carbons (Fsp3) is 0. The smallest absolute Gasteiger partial charge is 0 e. The molecule has 0 bridgehead atoms. The Hall–Kier alpha value is 1.73. The van der Waals surface area contributed by atoms with E-state index in [0.29, 0.717) is 0 Å². The first-order chi connectivity index (χ1) is 2.00. The molecule has 0 fully saturated rings. The molecule has 0 aliphatic heterocycles. The Morgan fingerprint density at radius 1 is 1.83 bits per heavy atom. The number of rotatable bonds is 0.